The number of rotatable bonds is 8. The van der Waals surface area contributed by atoms with Crippen LogP contribution in [0.1, 0.15) is 32.6 Å². The third-order valence-electron chi connectivity index (χ3n) is 2.03. The zero-order chi connectivity index (χ0) is 13.5. The average molecular weight is 276 g/mol. The SMILES string of the molecule is CC(N)CCCNS(=O)(=O)CCCC(F)(F)F. The van der Waals surface area contributed by atoms with Gasteiger partial charge >= 0.3 is 6.18 Å². The van der Waals surface area contributed by atoms with Gasteiger partial charge in [0.15, 0.2) is 0 Å². The second-order valence-electron chi connectivity index (χ2n) is 4.05. The van der Waals surface area contributed by atoms with Gasteiger partial charge in [0.1, 0.15) is 0 Å². The van der Waals surface area contributed by atoms with Crippen molar-refractivity contribution in [2.24, 2.45) is 5.73 Å². The molecule has 4 nitrogen and oxygen atoms in total. The number of halogens is 3. The molecule has 1 atom stereocenters. The van der Waals surface area contributed by atoms with E-state index < -0.39 is 34.8 Å². The third kappa shape index (κ3) is 11.9. The molecule has 0 aromatic heterocycles. The zero-order valence-electron chi connectivity index (χ0n) is 9.76. The molecule has 104 valence electrons. The van der Waals surface area contributed by atoms with Crippen LogP contribution in [0.3, 0.4) is 0 Å². The van der Waals surface area contributed by atoms with Gasteiger partial charge in [-0.25, -0.2) is 13.1 Å². The van der Waals surface area contributed by atoms with E-state index in [0.717, 1.165) is 0 Å². The van der Waals surface area contributed by atoms with Crippen molar-refractivity contribution in [2.75, 3.05) is 12.3 Å². The molecular formula is C9H19F3N2O2S. The highest BCUT2D eigenvalue weighted by molar-refractivity contribution is 7.89. The van der Waals surface area contributed by atoms with E-state index >= 15 is 0 Å². The minimum Gasteiger partial charge on any atom is -0.328 e. The van der Waals surface area contributed by atoms with Gasteiger partial charge in [0.05, 0.1) is 5.75 Å². The van der Waals surface area contributed by atoms with Crippen LogP contribution < -0.4 is 10.5 Å². The fourth-order valence-corrected chi connectivity index (χ4v) is 2.31. The van der Waals surface area contributed by atoms with E-state index in [0.29, 0.717) is 12.8 Å². The van der Waals surface area contributed by atoms with E-state index in [9.17, 15) is 21.6 Å². The van der Waals surface area contributed by atoms with Gasteiger partial charge < -0.3 is 5.73 Å². The van der Waals surface area contributed by atoms with Crippen LogP contribution in [0.25, 0.3) is 0 Å². The van der Waals surface area contributed by atoms with Crippen molar-refractivity contribution in [1.82, 2.24) is 4.72 Å². The molecule has 0 aliphatic heterocycles. The van der Waals surface area contributed by atoms with Gasteiger partial charge in [-0.05, 0) is 26.2 Å². The fourth-order valence-electron chi connectivity index (χ4n) is 1.19. The van der Waals surface area contributed by atoms with Gasteiger partial charge in [0.2, 0.25) is 10.0 Å². The largest absolute Gasteiger partial charge is 0.389 e. The Morgan fingerprint density at radius 3 is 2.35 bits per heavy atom. The van der Waals surface area contributed by atoms with Crippen LogP contribution in [-0.4, -0.2) is 32.9 Å². The number of hydrogen-bond acceptors (Lipinski definition) is 3. The number of hydrogen-bond donors (Lipinski definition) is 2. The average Bonchev–Trinajstić information content (AvgIpc) is 2.09. The monoisotopic (exact) mass is 276 g/mol. The molecule has 8 heteroatoms. The number of nitrogens with one attached hydrogen (secondary N) is 1. The Bertz CT molecular complexity index is 302. The van der Waals surface area contributed by atoms with Crippen LogP contribution in [0.15, 0.2) is 0 Å². The van der Waals surface area contributed by atoms with Gasteiger partial charge in [0, 0.05) is 19.0 Å². The van der Waals surface area contributed by atoms with Gasteiger partial charge in [-0.1, -0.05) is 0 Å². The summed E-state index contributed by atoms with van der Waals surface area (Å²) in [6.07, 6.45) is -4.54. The molecule has 0 aliphatic carbocycles. The minimum atomic E-state index is -4.30. The Kier molecular flexibility index (Phi) is 7.03. The molecule has 0 heterocycles. The Morgan fingerprint density at radius 2 is 1.88 bits per heavy atom. The Labute approximate surface area is 99.8 Å². The number of alkyl halides is 3. The highest BCUT2D eigenvalue weighted by Gasteiger charge is 2.27. The summed E-state index contributed by atoms with van der Waals surface area (Å²) in [6.45, 7) is 2.02. The molecule has 0 saturated heterocycles. The summed E-state index contributed by atoms with van der Waals surface area (Å²) in [7, 11) is -3.59. The fraction of sp³-hybridized carbons (Fsp3) is 1.00. The van der Waals surface area contributed by atoms with Crippen LogP contribution in [0.4, 0.5) is 13.2 Å². The second-order valence-corrected chi connectivity index (χ2v) is 5.98. The topological polar surface area (TPSA) is 72.2 Å². The summed E-state index contributed by atoms with van der Waals surface area (Å²) in [5, 5.41) is 0. The van der Waals surface area contributed by atoms with E-state index in [1.807, 2.05) is 0 Å². The standard InChI is InChI=1S/C9H19F3N2O2S/c1-8(13)4-2-6-14-17(15,16)7-3-5-9(10,11)12/h8,14H,2-7,13H2,1H3. The summed E-state index contributed by atoms with van der Waals surface area (Å²) in [5.74, 6) is -0.495. The number of nitrogens with two attached hydrogens (primary N) is 1. The molecule has 0 saturated carbocycles. The van der Waals surface area contributed by atoms with E-state index in [-0.39, 0.29) is 12.6 Å². The number of sulfonamides is 1. The van der Waals surface area contributed by atoms with Gasteiger partial charge in [-0.2, -0.15) is 13.2 Å². The second kappa shape index (κ2) is 7.17. The normalized spacial score (nSPS) is 14.9. The summed E-state index contributed by atoms with van der Waals surface area (Å²) in [6, 6.07) is -0.00951. The van der Waals surface area contributed by atoms with Crippen molar-refractivity contribution >= 4 is 10.0 Å². The third-order valence-corrected chi connectivity index (χ3v) is 3.50. The molecular weight excluding hydrogens is 257 g/mol. The maximum Gasteiger partial charge on any atom is 0.389 e. The molecule has 3 N–H and O–H groups in total. The lowest BCUT2D eigenvalue weighted by atomic mass is 10.2. The molecule has 0 aliphatic rings. The maximum absolute atomic E-state index is 11.8. The molecule has 0 amide bonds. The first-order valence-corrected chi connectivity index (χ1v) is 7.07. The molecule has 0 rings (SSSR count). The summed E-state index contributed by atoms with van der Waals surface area (Å²) < 4.78 is 60.1. The smallest absolute Gasteiger partial charge is 0.328 e. The van der Waals surface area contributed by atoms with Crippen LogP contribution in [0.5, 0.6) is 0 Å². The highest BCUT2D eigenvalue weighted by atomic mass is 32.2. The molecule has 0 bridgehead atoms. The van der Waals surface area contributed by atoms with Crippen molar-refractivity contribution in [1.29, 1.82) is 0 Å². The summed E-state index contributed by atoms with van der Waals surface area (Å²) in [5.41, 5.74) is 5.47. The van der Waals surface area contributed by atoms with Gasteiger partial charge in [-0.3, -0.25) is 0 Å². The minimum absolute atomic E-state index is 0.00951. The van der Waals surface area contributed by atoms with Gasteiger partial charge in [0.25, 0.3) is 0 Å². The van der Waals surface area contributed by atoms with Crippen LogP contribution in [-0.2, 0) is 10.0 Å². The van der Waals surface area contributed by atoms with Crippen molar-refractivity contribution in [3.8, 4) is 0 Å². The lowest BCUT2D eigenvalue weighted by Crippen LogP contribution is -2.29. The summed E-state index contributed by atoms with van der Waals surface area (Å²) in [4.78, 5) is 0. The van der Waals surface area contributed by atoms with Crippen molar-refractivity contribution in [3.05, 3.63) is 0 Å². The predicted octanol–water partition coefficient (Wildman–Crippen LogP) is 1.38. The first-order chi connectivity index (χ1) is 7.62. The quantitative estimate of drug-likeness (QED) is 0.658. The van der Waals surface area contributed by atoms with Crippen molar-refractivity contribution in [3.63, 3.8) is 0 Å². The lowest BCUT2D eigenvalue weighted by Gasteiger charge is -2.09. The van der Waals surface area contributed by atoms with E-state index in [2.05, 4.69) is 4.72 Å². The Balaban J connectivity index is 3.74. The highest BCUT2D eigenvalue weighted by Crippen LogP contribution is 2.21. The van der Waals surface area contributed by atoms with E-state index in [1.54, 1.807) is 6.92 Å². The molecule has 0 aromatic rings. The molecule has 0 aromatic carbocycles. The summed E-state index contributed by atoms with van der Waals surface area (Å²) >= 11 is 0. The van der Waals surface area contributed by atoms with Gasteiger partial charge in [-0.15, -0.1) is 0 Å². The Hall–Kier alpha value is -0.340. The van der Waals surface area contributed by atoms with Crippen molar-refractivity contribution in [2.45, 2.75) is 44.8 Å². The van der Waals surface area contributed by atoms with Crippen LogP contribution in [0.2, 0.25) is 0 Å². The molecule has 17 heavy (non-hydrogen) atoms. The van der Waals surface area contributed by atoms with Crippen molar-refractivity contribution < 1.29 is 21.6 Å². The predicted molar refractivity (Wildman–Crippen MR) is 60.0 cm³/mol. The molecule has 0 spiro atoms. The lowest BCUT2D eigenvalue weighted by molar-refractivity contribution is -0.134. The van der Waals surface area contributed by atoms with Crippen LogP contribution >= 0.6 is 0 Å². The van der Waals surface area contributed by atoms with E-state index in [4.69, 9.17) is 5.73 Å². The first kappa shape index (κ1) is 16.7. The molecule has 0 radical (unpaired) electrons. The molecule has 1 unspecified atom stereocenters. The zero-order valence-corrected chi connectivity index (χ0v) is 10.6. The maximum atomic E-state index is 11.8. The Morgan fingerprint density at radius 1 is 1.29 bits per heavy atom. The first-order valence-electron chi connectivity index (χ1n) is 5.42. The van der Waals surface area contributed by atoms with Crippen LogP contribution in [0, 0.1) is 0 Å². The molecule has 0 fully saturated rings. The van der Waals surface area contributed by atoms with E-state index in [1.165, 1.54) is 0 Å².